The third kappa shape index (κ3) is 4.91. The highest BCUT2D eigenvalue weighted by Gasteiger charge is 2.24. The van der Waals surface area contributed by atoms with Crippen LogP contribution in [0.3, 0.4) is 0 Å². The van der Waals surface area contributed by atoms with Crippen molar-refractivity contribution in [1.29, 1.82) is 0 Å². The number of hydrogen-bond acceptors (Lipinski definition) is 4. The van der Waals surface area contributed by atoms with Crippen molar-refractivity contribution in [2.24, 2.45) is 4.99 Å². The van der Waals surface area contributed by atoms with E-state index >= 15 is 0 Å². The summed E-state index contributed by atoms with van der Waals surface area (Å²) in [5.74, 6) is 0.513. The Bertz CT molecular complexity index is 1130. The van der Waals surface area contributed by atoms with Crippen LogP contribution in [0.25, 0.3) is 6.08 Å². The van der Waals surface area contributed by atoms with Gasteiger partial charge >= 0.3 is 5.97 Å². The summed E-state index contributed by atoms with van der Waals surface area (Å²) in [5.41, 5.74) is 2.85. The Morgan fingerprint density at radius 3 is 2.27 bits per heavy atom. The highest BCUT2D eigenvalue weighted by atomic mass is 79.9. The molecule has 0 unspecified atom stereocenters. The number of rotatable bonds is 5. The van der Waals surface area contributed by atoms with E-state index in [4.69, 9.17) is 9.47 Å². The van der Waals surface area contributed by atoms with Gasteiger partial charge in [0.15, 0.2) is 5.70 Å². The number of esters is 1. The molecule has 1 aliphatic rings. The number of hydrogen-bond donors (Lipinski definition) is 0. The number of ether oxygens (including phenoxy) is 2. The van der Waals surface area contributed by atoms with Crippen molar-refractivity contribution >= 4 is 65.7 Å². The molecule has 0 atom stereocenters. The number of halogens is 3. The van der Waals surface area contributed by atoms with Gasteiger partial charge in [0.25, 0.3) is 0 Å². The first-order valence-electron chi connectivity index (χ1n) is 8.94. The van der Waals surface area contributed by atoms with Gasteiger partial charge in [0.05, 0.1) is 8.95 Å². The maximum atomic E-state index is 12.2. The first-order valence-corrected chi connectivity index (χ1v) is 11.3. The predicted molar refractivity (Wildman–Crippen MR) is 127 cm³/mol. The second-order valence-electron chi connectivity index (χ2n) is 6.43. The van der Waals surface area contributed by atoms with Crippen molar-refractivity contribution in [3.63, 3.8) is 0 Å². The molecule has 7 heteroatoms. The van der Waals surface area contributed by atoms with Crippen LogP contribution in [-0.4, -0.2) is 11.9 Å². The minimum Gasteiger partial charge on any atom is -0.487 e. The van der Waals surface area contributed by atoms with E-state index in [0.29, 0.717) is 18.3 Å². The Hall–Kier alpha value is -2.22. The number of cyclic esters (lactones) is 1. The van der Waals surface area contributed by atoms with Crippen LogP contribution in [0.15, 0.2) is 90.8 Å². The molecule has 0 aliphatic carbocycles. The van der Waals surface area contributed by atoms with Crippen LogP contribution in [0, 0.1) is 0 Å². The summed E-state index contributed by atoms with van der Waals surface area (Å²) in [6.45, 7) is 0.433. The molecule has 0 saturated carbocycles. The Labute approximate surface area is 199 Å². The summed E-state index contributed by atoms with van der Waals surface area (Å²) in [6, 6.07) is 21.0. The summed E-state index contributed by atoms with van der Waals surface area (Å²) in [7, 11) is 0. The van der Waals surface area contributed by atoms with Crippen LogP contribution in [0.5, 0.6) is 5.75 Å². The predicted octanol–water partition coefficient (Wildman–Crippen LogP) is 6.90. The zero-order valence-electron chi connectivity index (χ0n) is 15.4. The van der Waals surface area contributed by atoms with Crippen molar-refractivity contribution in [3.05, 3.63) is 103 Å². The molecule has 0 aromatic heterocycles. The van der Waals surface area contributed by atoms with Gasteiger partial charge in [-0.25, -0.2) is 9.79 Å². The molecule has 0 bridgehead atoms. The topological polar surface area (TPSA) is 47.9 Å². The van der Waals surface area contributed by atoms with Gasteiger partial charge in [-0.15, -0.1) is 0 Å². The van der Waals surface area contributed by atoms with Crippen molar-refractivity contribution in [2.75, 3.05) is 0 Å². The second kappa shape index (κ2) is 9.29. The Balaban J connectivity index is 1.55. The first kappa shape index (κ1) is 21.0. The largest absolute Gasteiger partial charge is 0.487 e. The second-order valence-corrected chi connectivity index (χ2v) is 9.06. The van der Waals surface area contributed by atoms with Crippen LogP contribution in [-0.2, 0) is 16.1 Å². The number of carbonyl (C=O) groups is 1. The summed E-state index contributed by atoms with van der Waals surface area (Å²) in [6.07, 6.45) is 1.69. The van der Waals surface area contributed by atoms with Gasteiger partial charge in [0.1, 0.15) is 12.4 Å². The van der Waals surface area contributed by atoms with Gasteiger partial charge in [0, 0.05) is 10.0 Å². The van der Waals surface area contributed by atoms with Crippen molar-refractivity contribution < 1.29 is 14.3 Å². The van der Waals surface area contributed by atoms with E-state index in [2.05, 4.69) is 52.8 Å². The molecular formula is C23H14Br3NO3. The molecule has 1 aliphatic heterocycles. The molecule has 0 saturated heterocycles. The van der Waals surface area contributed by atoms with Gasteiger partial charge in [-0.2, -0.15) is 0 Å². The Kier molecular flexibility index (Phi) is 6.51. The third-order valence-corrected chi connectivity index (χ3v) is 5.97. The zero-order valence-corrected chi connectivity index (χ0v) is 20.2. The lowest BCUT2D eigenvalue weighted by Crippen LogP contribution is -2.04. The van der Waals surface area contributed by atoms with Gasteiger partial charge in [-0.1, -0.05) is 46.3 Å². The average Bonchev–Trinajstić information content (AvgIpc) is 3.10. The number of nitrogens with zero attached hydrogens (tertiary/aromatic N) is 1. The molecule has 0 spiro atoms. The smallest absolute Gasteiger partial charge is 0.363 e. The Morgan fingerprint density at radius 2 is 1.60 bits per heavy atom. The highest BCUT2D eigenvalue weighted by Crippen LogP contribution is 2.36. The maximum absolute atomic E-state index is 12.2. The molecular weight excluding hydrogens is 578 g/mol. The zero-order chi connectivity index (χ0) is 21.1. The normalized spacial score (nSPS) is 14.6. The number of benzene rings is 3. The SMILES string of the molecule is O=C1OC(c2ccccc2)=N/C1=C\c1cc(Br)c(OCc2ccc(Br)cc2)c(Br)c1. The van der Waals surface area contributed by atoms with Crippen LogP contribution in [0.1, 0.15) is 16.7 Å². The van der Waals surface area contributed by atoms with Crippen LogP contribution in [0.2, 0.25) is 0 Å². The van der Waals surface area contributed by atoms with Gasteiger partial charge in [-0.05, 0) is 85.5 Å². The van der Waals surface area contributed by atoms with E-state index in [1.807, 2.05) is 66.7 Å². The van der Waals surface area contributed by atoms with Crippen LogP contribution < -0.4 is 4.74 Å². The standard InChI is InChI=1S/C23H14Br3NO3/c24-17-8-6-14(7-9-17)13-29-21-18(25)10-15(11-19(21)26)12-20-23(28)30-22(27-20)16-4-2-1-3-5-16/h1-12H,13H2/b20-12-. The molecule has 30 heavy (non-hydrogen) atoms. The molecule has 4 nitrogen and oxygen atoms in total. The lowest BCUT2D eigenvalue weighted by atomic mass is 10.2. The lowest BCUT2D eigenvalue weighted by Gasteiger charge is -2.11. The third-order valence-electron chi connectivity index (χ3n) is 4.26. The van der Waals surface area contributed by atoms with E-state index in [1.54, 1.807) is 6.08 Å². The molecule has 3 aromatic rings. The van der Waals surface area contributed by atoms with Crippen molar-refractivity contribution in [2.45, 2.75) is 6.61 Å². The van der Waals surface area contributed by atoms with Gasteiger partial charge in [0.2, 0.25) is 5.90 Å². The molecule has 3 aromatic carbocycles. The number of aliphatic imine (C=N–C) groups is 1. The Morgan fingerprint density at radius 1 is 0.933 bits per heavy atom. The summed E-state index contributed by atoms with van der Waals surface area (Å²) < 4.78 is 13.8. The maximum Gasteiger partial charge on any atom is 0.363 e. The average molecular weight is 592 g/mol. The van der Waals surface area contributed by atoms with Crippen molar-refractivity contribution in [1.82, 2.24) is 0 Å². The fraction of sp³-hybridized carbons (Fsp3) is 0.0435. The molecule has 0 amide bonds. The van der Waals surface area contributed by atoms with Gasteiger partial charge < -0.3 is 9.47 Å². The van der Waals surface area contributed by atoms with E-state index in [-0.39, 0.29) is 5.70 Å². The van der Waals surface area contributed by atoms with Crippen LogP contribution >= 0.6 is 47.8 Å². The molecule has 1 heterocycles. The van der Waals surface area contributed by atoms with E-state index in [0.717, 1.165) is 30.1 Å². The van der Waals surface area contributed by atoms with Crippen LogP contribution in [0.4, 0.5) is 0 Å². The quantitative estimate of drug-likeness (QED) is 0.240. The highest BCUT2D eigenvalue weighted by molar-refractivity contribution is 9.11. The minimum atomic E-state index is -0.475. The fourth-order valence-corrected chi connectivity index (χ4v) is 4.52. The fourth-order valence-electron chi connectivity index (χ4n) is 2.81. The first-order chi connectivity index (χ1) is 14.5. The molecule has 4 rings (SSSR count). The molecule has 0 radical (unpaired) electrons. The minimum absolute atomic E-state index is 0.246. The van der Waals surface area contributed by atoms with Gasteiger partial charge in [-0.3, -0.25) is 0 Å². The molecule has 0 N–H and O–H groups in total. The number of carbonyl (C=O) groups excluding carboxylic acids is 1. The summed E-state index contributed by atoms with van der Waals surface area (Å²) in [4.78, 5) is 16.6. The summed E-state index contributed by atoms with van der Waals surface area (Å²) >= 11 is 10.5. The summed E-state index contributed by atoms with van der Waals surface area (Å²) in [5, 5.41) is 0. The van der Waals surface area contributed by atoms with E-state index in [1.165, 1.54) is 0 Å². The molecule has 150 valence electrons. The van der Waals surface area contributed by atoms with E-state index in [9.17, 15) is 4.79 Å². The monoisotopic (exact) mass is 589 g/mol. The molecule has 0 fully saturated rings. The lowest BCUT2D eigenvalue weighted by molar-refractivity contribution is -0.129. The van der Waals surface area contributed by atoms with Crippen molar-refractivity contribution in [3.8, 4) is 5.75 Å². The van der Waals surface area contributed by atoms with E-state index < -0.39 is 5.97 Å².